The van der Waals surface area contributed by atoms with E-state index in [1.807, 2.05) is 0 Å². The van der Waals surface area contributed by atoms with Crippen molar-refractivity contribution in [2.75, 3.05) is 0 Å². The van der Waals surface area contributed by atoms with Gasteiger partial charge in [-0.15, -0.1) is 0 Å². The fourth-order valence-corrected chi connectivity index (χ4v) is 11.0. The third kappa shape index (κ3) is 1.44. The van der Waals surface area contributed by atoms with Gasteiger partial charge < -0.3 is 0 Å². The van der Waals surface area contributed by atoms with Crippen molar-refractivity contribution in [2.45, 2.75) is 54.6 Å². The van der Waals surface area contributed by atoms with Crippen molar-refractivity contribution in [1.29, 1.82) is 0 Å². The molecular weight excluding hydrogens is 301 g/mol. The molecule has 106 valence electrons. The predicted octanol–water partition coefficient (Wildman–Crippen LogP) is 5.50. The van der Waals surface area contributed by atoms with E-state index in [0.717, 1.165) is 0 Å². The van der Waals surface area contributed by atoms with Gasteiger partial charge in [-0.1, -0.05) is 0 Å². The molecule has 20 heavy (non-hydrogen) atoms. The Morgan fingerprint density at radius 1 is 0.800 bits per heavy atom. The maximum absolute atomic E-state index is 2.61. The minimum absolute atomic E-state index is 0.351. The second-order valence-corrected chi connectivity index (χ2v) is 20.1. The molecule has 0 bridgehead atoms. The van der Waals surface area contributed by atoms with E-state index in [0.29, 0.717) is 8.49 Å². The van der Waals surface area contributed by atoms with E-state index < -0.39 is 13.3 Å². The van der Waals surface area contributed by atoms with Gasteiger partial charge in [0.05, 0.1) is 0 Å². The minimum atomic E-state index is -2.08. The number of hydrogen-bond donors (Lipinski definition) is 0. The van der Waals surface area contributed by atoms with Crippen molar-refractivity contribution >= 4 is 24.0 Å². The van der Waals surface area contributed by atoms with Crippen LogP contribution in [-0.4, -0.2) is 13.3 Å². The third-order valence-electron chi connectivity index (χ3n) is 6.73. The number of benzene rings is 2. The first-order chi connectivity index (χ1) is 9.12. The Balaban J connectivity index is 2.58. The zero-order valence-corrected chi connectivity index (χ0v) is 16.0. The van der Waals surface area contributed by atoms with Gasteiger partial charge in [-0.05, 0) is 0 Å². The molecule has 0 aliphatic carbocycles. The molecule has 3 rings (SSSR count). The Morgan fingerprint density at radius 2 is 1.35 bits per heavy atom. The van der Waals surface area contributed by atoms with Crippen LogP contribution in [0.15, 0.2) is 30.3 Å². The van der Waals surface area contributed by atoms with Crippen molar-refractivity contribution in [3.05, 3.63) is 47.0 Å². The van der Waals surface area contributed by atoms with Gasteiger partial charge in [0.15, 0.2) is 0 Å². The molecule has 1 aliphatic rings. The molecule has 0 saturated carbocycles. The van der Waals surface area contributed by atoms with Crippen LogP contribution in [0.5, 0.6) is 0 Å². The molecule has 0 N–H and O–H groups in total. The van der Waals surface area contributed by atoms with Crippen molar-refractivity contribution in [3.8, 4) is 0 Å². The monoisotopic (exact) mass is 328 g/mol. The Bertz CT molecular complexity index is 681. The first-order valence-corrected chi connectivity index (χ1v) is 13.9. The first kappa shape index (κ1) is 14.2. The molecule has 0 unspecified atom stereocenters. The summed E-state index contributed by atoms with van der Waals surface area (Å²) in [7, 11) is 0. The molecule has 2 aromatic rings. The molecule has 0 amide bonds. The molecular formula is C19H26Ge. The van der Waals surface area contributed by atoms with E-state index in [1.54, 1.807) is 16.5 Å². The maximum atomic E-state index is 2.61. The van der Waals surface area contributed by atoms with E-state index in [9.17, 15) is 0 Å². The molecule has 0 fully saturated rings. The van der Waals surface area contributed by atoms with Crippen molar-refractivity contribution in [1.82, 2.24) is 0 Å². The molecule has 0 atom stereocenters. The van der Waals surface area contributed by atoms with Crippen LogP contribution in [0.4, 0.5) is 0 Å². The molecule has 2 aromatic carbocycles. The zero-order valence-electron chi connectivity index (χ0n) is 13.9. The first-order valence-electron chi connectivity index (χ1n) is 7.65. The topological polar surface area (TPSA) is 0 Å². The Hall–Kier alpha value is -0.757. The molecule has 0 radical (unpaired) electrons. The normalized spacial score (nSPS) is 21.9. The Kier molecular flexibility index (Phi) is 2.77. The van der Waals surface area contributed by atoms with Crippen LogP contribution in [0.3, 0.4) is 0 Å². The van der Waals surface area contributed by atoms with E-state index in [4.69, 9.17) is 0 Å². The van der Waals surface area contributed by atoms with Crippen LogP contribution >= 0.6 is 0 Å². The van der Waals surface area contributed by atoms with Crippen molar-refractivity contribution in [2.24, 2.45) is 0 Å². The van der Waals surface area contributed by atoms with Gasteiger partial charge in [-0.25, -0.2) is 0 Å². The SMILES string of the molecule is Cc1ccc2c3c(cccc13)[C](C)(C)[Ge]([CH3])([CH3])[C]2(C)C. The zero-order chi connectivity index (χ0) is 14.9. The summed E-state index contributed by atoms with van der Waals surface area (Å²) in [5.74, 6) is 5.23. The third-order valence-corrected chi connectivity index (χ3v) is 21.0. The Morgan fingerprint density at radius 3 is 1.95 bits per heavy atom. The molecule has 0 saturated heterocycles. The fourth-order valence-electron chi connectivity index (χ4n) is 4.05. The van der Waals surface area contributed by atoms with E-state index in [2.05, 4.69) is 76.5 Å². The Labute approximate surface area is 125 Å². The molecule has 1 heterocycles. The summed E-state index contributed by atoms with van der Waals surface area (Å²) in [5.41, 5.74) is 4.60. The summed E-state index contributed by atoms with van der Waals surface area (Å²) in [6.45, 7) is 12.2. The standard InChI is InChI=1S/C19H26Ge/c1-13-11-12-16-17-14(13)9-8-10-15(17)18(2,3)20(6,7)19(16,4)5/h8-12H,1-7H3. The summed E-state index contributed by atoms with van der Waals surface area (Å²) in [6.07, 6.45) is 0. The molecule has 0 spiro atoms. The van der Waals surface area contributed by atoms with Gasteiger partial charge in [-0.2, -0.15) is 0 Å². The van der Waals surface area contributed by atoms with Crippen molar-refractivity contribution in [3.63, 3.8) is 0 Å². The summed E-state index contributed by atoms with van der Waals surface area (Å²) in [6, 6.07) is 11.7. The molecule has 0 aromatic heterocycles. The van der Waals surface area contributed by atoms with Gasteiger partial charge in [0.2, 0.25) is 0 Å². The van der Waals surface area contributed by atoms with E-state index in [-0.39, 0.29) is 0 Å². The van der Waals surface area contributed by atoms with Crippen LogP contribution in [0.2, 0.25) is 11.5 Å². The second-order valence-electron chi connectivity index (χ2n) is 8.03. The van der Waals surface area contributed by atoms with Gasteiger partial charge in [0, 0.05) is 0 Å². The van der Waals surface area contributed by atoms with Gasteiger partial charge >= 0.3 is 126 Å². The van der Waals surface area contributed by atoms with Gasteiger partial charge in [0.1, 0.15) is 0 Å². The summed E-state index contributed by atoms with van der Waals surface area (Å²) < 4.78 is 0.702. The molecule has 1 heteroatoms. The van der Waals surface area contributed by atoms with E-state index in [1.165, 1.54) is 10.9 Å². The molecule has 0 nitrogen and oxygen atoms in total. The van der Waals surface area contributed by atoms with Gasteiger partial charge in [-0.3, -0.25) is 0 Å². The quantitative estimate of drug-likeness (QED) is 0.560. The summed E-state index contributed by atoms with van der Waals surface area (Å²) in [4.78, 5) is 0. The summed E-state index contributed by atoms with van der Waals surface area (Å²) >= 11 is -2.08. The van der Waals surface area contributed by atoms with Crippen LogP contribution in [-0.2, 0) is 8.49 Å². The van der Waals surface area contributed by atoms with Crippen LogP contribution in [0.25, 0.3) is 10.8 Å². The summed E-state index contributed by atoms with van der Waals surface area (Å²) in [5, 5.41) is 3.01. The van der Waals surface area contributed by atoms with Crippen LogP contribution in [0, 0.1) is 6.92 Å². The molecule has 1 aliphatic heterocycles. The van der Waals surface area contributed by atoms with Crippen LogP contribution < -0.4 is 0 Å². The number of rotatable bonds is 0. The second kappa shape index (κ2) is 3.91. The van der Waals surface area contributed by atoms with Gasteiger partial charge in [0.25, 0.3) is 0 Å². The average Bonchev–Trinajstić information content (AvgIpc) is 2.36. The van der Waals surface area contributed by atoms with Crippen molar-refractivity contribution < 1.29 is 0 Å². The number of aryl methyl sites for hydroxylation is 1. The fraction of sp³-hybridized carbons (Fsp3) is 0.474. The average molecular weight is 327 g/mol. The van der Waals surface area contributed by atoms with E-state index >= 15 is 0 Å². The number of hydrogen-bond acceptors (Lipinski definition) is 0. The predicted molar refractivity (Wildman–Crippen MR) is 92.2 cm³/mol. The van der Waals surface area contributed by atoms with Crippen LogP contribution in [0.1, 0.15) is 44.4 Å².